The number of nitrogens with two attached hydrogens (primary N) is 1. The Morgan fingerprint density at radius 3 is 2.42 bits per heavy atom. The van der Waals surface area contributed by atoms with Crippen LogP contribution in [0.1, 0.15) is 0 Å². The average Bonchev–Trinajstić information content (AvgIpc) is 2.46. The van der Waals surface area contributed by atoms with Gasteiger partial charge in [0.2, 0.25) is 0 Å². The van der Waals surface area contributed by atoms with Crippen LogP contribution in [0, 0.1) is 0 Å². The number of carbonyl (C=O) groups excluding carboxylic acids is 1. The molecule has 2 aromatic carbocycles. The first-order valence-corrected chi connectivity index (χ1v) is 6.05. The largest absolute Gasteiger partial charge is 0.495 e. The Morgan fingerprint density at radius 2 is 1.84 bits per heavy atom. The molecule has 5 heteroatoms. The lowest BCUT2D eigenvalue weighted by molar-refractivity contribution is 0.257. The van der Waals surface area contributed by atoms with E-state index in [-0.39, 0.29) is 0 Å². The number of benzene rings is 2. The van der Waals surface area contributed by atoms with Crippen LogP contribution in [0.15, 0.2) is 48.5 Å². The van der Waals surface area contributed by atoms with Crippen molar-refractivity contribution >= 4 is 24.5 Å². The van der Waals surface area contributed by atoms with Crippen molar-refractivity contribution in [1.29, 1.82) is 0 Å². The molecule has 2 aromatic rings. The van der Waals surface area contributed by atoms with Crippen molar-refractivity contribution in [3.8, 4) is 16.9 Å². The number of rotatable bonds is 3. The molecule has 0 saturated carbocycles. The topological polar surface area (TPSA) is 55.6 Å². The highest BCUT2D eigenvalue weighted by Gasteiger charge is 2.14. The normalized spacial score (nSPS) is 10.0. The first-order chi connectivity index (χ1) is 9.13. The van der Waals surface area contributed by atoms with Crippen molar-refractivity contribution in [2.24, 2.45) is 5.73 Å². The van der Waals surface area contributed by atoms with Crippen LogP contribution >= 0.6 is 12.8 Å². The minimum Gasteiger partial charge on any atom is -0.495 e. The lowest BCUT2D eigenvalue weighted by Gasteiger charge is -2.17. The zero-order valence-electron chi connectivity index (χ0n) is 10.4. The van der Waals surface area contributed by atoms with Gasteiger partial charge in [-0.1, -0.05) is 49.2 Å². The van der Waals surface area contributed by atoms with Gasteiger partial charge in [0.15, 0.2) is 0 Å². The van der Waals surface area contributed by atoms with Crippen LogP contribution in [-0.4, -0.2) is 13.1 Å². The number of anilines is 1. The predicted molar refractivity (Wildman–Crippen MR) is 79.5 cm³/mol. The summed E-state index contributed by atoms with van der Waals surface area (Å²) in [7, 11) is 1.53. The van der Waals surface area contributed by atoms with Gasteiger partial charge < -0.3 is 10.5 Å². The van der Waals surface area contributed by atoms with E-state index in [9.17, 15) is 4.79 Å². The highest BCUT2D eigenvalue weighted by molar-refractivity contribution is 7.82. The minimum absolute atomic E-state index is 0.514. The van der Waals surface area contributed by atoms with Gasteiger partial charge in [0.05, 0.1) is 12.8 Å². The maximum Gasteiger partial charge on any atom is 0.329 e. The number of thiol groups is 1. The van der Waals surface area contributed by atoms with E-state index >= 15 is 0 Å². The van der Waals surface area contributed by atoms with Crippen LogP contribution < -0.4 is 14.8 Å². The average molecular weight is 274 g/mol. The van der Waals surface area contributed by atoms with Crippen molar-refractivity contribution in [2.45, 2.75) is 0 Å². The van der Waals surface area contributed by atoms with Crippen LogP contribution in [0.4, 0.5) is 10.5 Å². The van der Waals surface area contributed by atoms with E-state index in [2.05, 4.69) is 12.8 Å². The highest BCUT2D eigenvalue weighted by atomic mass is 32.1. The maximum absolute atomic E-state index is 11.2. The third kappa shape index (κ3) is 2.82. The fourth-order valence-corrected chi connectivity index (χ4v) is 1.94. The second kappa shape index (κ2) is 5.67. The molecule has 0 aliphatic carbocycles. The number of primary amides is 1. The molecule has 19 heavy (non-hydrogen) atoms. The van der Waals surface area contributed by atoms with Crippen LogP contribution in [0.25, 0.3) is 11.1 Å². The Morgan fingerprint density at radius 1 is 1.16 bits per heavy atom. The molecule has 98 valence electrons. The van der Waals surface area contributed by atoms with Gasteiger partial charge >= 0.3 is 6.03 Å². The van der Waals surface area contributed by atoms with Crippen molar-refractivity contribution in [1.82, 2.24) is 0 Å². The molecule has 4 nitrogen and oxygen atoms in total. The number of hydrogen-bond donors (Lipinski definition) is 2. The summed E-state index contributed by atoms with van der Waals surface area (Å²) in [6.45, 7) is 0. The number of hydrogen-bond acceptors (Lipinski definition) is 3. The number of urea groups is 1. The second-order valence-electron chi connectivity index (χ2n) is 3.90. The van der Waals surface area contributed by atoms with Gasteiger partial charge in [0.1, 0.15) is 5.75 Å². The van der Waals surface area contributed by atoms with E-state index in [1.54, 1.807) is 6.07 Å². The number of amides is 2. The number of nitrogens with zero attached hydrogens (tertiary/aromatic N) is 1. The summed E-state index contributed by atoms with van der Waals surface area (Å²) in [4.78, 5) is 11.2. The zero-order valence-corrected chi connectivity index (χ0v) is 11.3. The third-order valence-electron chi connectivity index (χ3n) is 2.72. The Bertz CT molecular complexity index is 587. The van der Waals surface area contributed by atoms with E-state index in [0.717, 1.165) is 15.4 Å². The molecule has 0 bridgehead atoms. The molecule has 0 spiro atoms. The summed E-state index contributed by atoms with van der Waals surface area (Å²) in [6, 6.07) is 14.7. The fraction of sp³-hybridized carbons (Fsp3) is 0.0714. The van der Waals surface area contributed by atoms with E-state index in [0.29, 0.717) is 11.4 Å². The maximum atomic E-state index is 11.2. The predicted octanol–water partition coefficient (Wildman–Crippen LogP) is 3.09. The van der Waals surface area contributed by atoms with Crippen molar-refractivity contribution in [3.63, 3.8) is 0 Å². The molecular weight excluding hydrogens is 260 g/mol. The van der Waals surface area contributed by atoms with Crippen LogP contribution in [0.2, 0.25) is 0 Å². The van der Waals surface area contributed by atoms with Crippen LogP contribution in [-0.2, 0) is 0 Å². The Kier molecular flexibility index (Phi) is 3.97. The number of carbonyl (C=O) groups is 1. The molecule has 0 aromatic heterocycles. The van der Waals surface area contributed by atoms with Gasteiger partial charge in [-0.2, -0.15) is 0 Å². The van der Waals surface area contributed by atoms with Gasteiger partial charge in [-0.15, -0.1) is 0 Å². The Balaban J connectivity index is 2.50. The van der Waals surface area contributed by atoms with E-state index in [4.69, 9.17) is 10.5 Å². The van der Waals surface area contributed by atoms with Gasteiger partial charge in [-0.05, 0) is 23.3 Å². The molecule has 0 heterocycles. The monoisotopic (exact) mass is 274 g/mol. The molecule has 0 aliphatic heterocycles. The molecule has 0 unspecified atom stereocenters. The third-order valence-corrected chi connectivity index (χ3v) is 3.14. The lowest BCUT2D eigenvalue weighted by atomic mass is 10.0. The fourth-order valence-electron chi connectivity index (χ4n) is 1.78. The molecule has 2 amide bonds. The van der Waals surface area contributed by atoms with Gasteiger partial charge in [-0.3, -0.25) is 0 Å². The minimum atomic E-state index is -0.660. The van der Waals surface area contributed by atoms with Crippen LogP contribution in [0.3, 0.4) is 0 Å². The Labute approximate surface area is 117 Å². The van der Waals surface area contributed by atoms with Crippen molar-refractivity contribution < 1.29 is 9.53 Å². The summed E-state index contributed by atoms with van der Waals surface area (Å²) in [5, 5.41) is 0. The SMILES string of the molecule is COc1ccc(-c2ccccc2)cc1N(S)C(N)=O. The quantitative estimate of drug-likeness (QED) is 0.845. The first-order valence-electron chi connectivity index (χ1n) is 5.65. The van der Waals surface area contributed by atoms with Crippen molar-refractivity contribution in [3.05, 3.63) is 48.5 Å². The van der Waals surface area contributed by atoms with Gasteiger partial charge in [0.25, 0.3) is 0 Å². The first kappa shape index (κ1) is 13.3. The molecule has 0 fully saturated rings. The molecular formula is C14H14N2O2S. The molecule has 0 atom stereocenters. The molecule has 0 radical (unpaired) electrons. The zero-order chi connectivity index (χ0) is 13.8. The molecule has 0 aliphatic rings. The van der Waals surface area contributed by atoms with Crippen molar-refractivity contribution in [2.75, 3.05) is 11.4 Å². The summed E-state index contributed by atoms with van der Waals surface area (Å²) in [6.07, 6.45) is 0. The molecule has 2 N–H and O–H groups in total. The van der Waals surface area contributed by atoms with E-state index in [1.807, 2.05) is 42.5 Å². The summed E-state index contributed by atoms with van der Waals surface area (Å²) in [5.41, 5.74) is 7.74. The highest BCUT2D eigenvalue weighted by Crippen LogP contribution is 2.34. The summed E-state index contributed by atoms with van der Waals surface area (Å²) in [5.74, 6) is 0.536. The number of methoxy groups -OCH3 is 1. The van der Waals surface area contributed by atoms with Crippen LogP contribution in [0.5, 0.6) is 5.75 Å². The van der Waals surface area contributed by atoms with E-state index < -0.39 is 6.03 Å². The second-order valence-corrected chi connectivity index (χ2v) is 4.30. The summed E-state index contributed by atoms with van der Waals surface area (Å²) < 4.78 is 6.27. The Hall–Kier alpha value is -2.14. The van der Waals surface area contributed by atoms with Gasteiger partial charge in [-0.25, -0.2) is 9.10 Å². The lowest BCUT2D eigenvalue weighted by Crippen LogP contribution is -2.27. The van der Waals surface area contributed by atoms with E-state index in [1.165, 1.54) is 7.11 Å². The smallest absolute Gasteiger partial charge is 0.329 e. The standard InChI is InChI=1S/C14H14N2O2S/c1-18-13-8-7-11(10-5-3-2-4-6-10)9-12(13)16(19)14(15)17/h2-9,19H,1H3,(H2,15,17). The summed E-state index contributed by atoms with van der Waals surface area (Å²) >= 11 is 4.08. The van der Waals surface area contributed by atoms with Gasteiger partial charge in [0, 0.05) is 0 Å². The molecule has 2 rings (SSSR count). The number of ether oxygens (including phenoxy) is 1. The molecule has 0 saturated heterocycles.